The van der Waals surface area contributed by atoms with Gasteiger partial charge in [-0.05, 0) is 56.7 Å². The highest BCUT2D eigenvalue weighted by molar-refractivity contribution is 5.77. The van der Waals surface area contributed by atoms with Gasteiger partial charge in [0.05, 0.1) is 6.10 Å². The van der Waals surface area contributed by atoms with Crippen molar-refractivity contribution in [2.75, 3.05) is 6.54 Å². The molecule has 0 spiro atoms. The van der Waals surface area contributed by atoms with Gasteiger partial charge in [-0.25, -0.2) is 4.79 Å². The Morgan fingerprint density at radius 3 is 1.89 bits per heavy atom. The van der Waals surface area contributed by atoms with Gasteiger partial charge in [0.1, 0.15) is 12.1 Å². The molecule has 10 heteroatoms. The van der Waals surface area contributed by atoms with Gasteiger partial charge in [-0.15, -0.1) is 0 Å². The molecule has 0 aliphatic rings. The second kappa shape index (κ2) is 16.7. The van der Waals surface area contributed by atoms with Crippen LogP contribution in [0.3, 0.4) is 0 Å². The summed E-state index contributed by atoms with van der Waals surface area (Å²) < 4.78 is 21.1. The Hall–Kier alpha value is -3.14. The number of hydrogen-bond acceptors (Lipinski definition) is 9. The van der Waals surface area contributed by atoms with Gasteiger partial charge in [0.2, 0.25) is 0 Å². The molecule has 0 aromatic heterocycles. The Balaban J connectivity index is 3.02. The average Bonchev–Trinajstić information content (AvgIpc) is 2.81. The zero-order valence-electron chi connectivity index (χ0n) is 23.6. The predicted octanol–water partition coefficient (Wildman–Crippen LogP) is 4.91. The van der Waals surface area contributed by atoms with E-state index in [1.54, 1.807) is 26.8 Å². The minimum atomic E-state index is -1.11. The summed E-state index contributed by atoms with van der Waals surface area (Å²) in [5.74, 6) is -1.61. The number of aliphatic carboxylic acids is 1. The van der Waals surface area contributed by atoms with Gasteiger partial charge in [0.15, 0.2) is 11.5 Å². The minimum absolute atomic E-state index is 0.0372. The SMILES string of the molecule is CCC(C)CC(=O)Oc1ccc(C[C@H](NCC(C)OC(=O)OC(C)C)C(=O)O)cc1OC(=O)CC(C)CC. The molecule has 0 radical (unpaired) electrons. The van der Waals surface area contributed by atoms with Crippen LogP contribution in [0.5, 0.6) is 11.5 Å². The summed E-state index contributed by atoms with van der Waals surface area (Å²) in [7, 11) is 0. The van der Waals surface area contributed by atoms with Crippen molar-refractivity contribution in [3.63, 3.8) is 0 Å². The first-order valence-electron chi connectivity index (χ1n) is 13.2. The van der Waals surface area contributed by atoms with Crippen LogP contribution in [-0.4, -0.2) is 54.0 Å². The van der Waals surface area contributed by atoms with Gasteiger partial charge in [-0.1, -0.05) is 46.6 Å². The number of hydrogen-bond donors (Lipinski definition) is 2. The van der Waals surface area contributed by atoms with Crippen molar-refractivity contribution >= 4 is 24.1 Å². The van der Waals surface area contributed by atoms with E-state index in [0.29, 0.717) is 5.56 Å². The Morgan fingerprint density at radius 1 is 0.842 bits per heavy atom. The molecule has 2 N–H and O–H groups in total. The van der Waals surface area contributed by atoms with Crippen LogP contribution in [0, 0.1) is 11.8 Å². The number of benzene rings is 1. The number of carbonyl (C=O) groups is 4. The van der Waals surface area contributed by atoms with Crippen LogP contribution in [-0.2, 0) is 30.3 Å². The molecular formula is C28H43NO9. The number of carbonyl (C=O) groups excluding carboxylic acids is 3. The smallest absolute Gasteiger partial charge is 0.480 e. The van der Waals surface area contributed by atoms with Crippen LogP contribution < -0.4 is 14.8 Å². The van der Waals surface area contributed by atoms with E-state index in [1.807, 2.05) is 27.7 Å². The maximum atomic E-state index is 12.5. The van der Waals surface area contributed by atoms with Gasteiger partial charge in [0, 0.05) is 19.4 Å². The third-order valence-corrected chi connectivity index (χ3v) is 5.90. The summed E-state index contributed by atoms with van der Waals surface area (Å²) in [6.45, 7) is 12.9. The first-order chi connectivity index (χ1) is 17.8. The Bertz CT molecular complexity index is 931. The molecule has 0 saturated heterocycles. The third kappa shape index (κ3) is 12.9. The molecule has 0 fully saturated rings. The number of ether oxygens (including phenoxy) is 4. The van der Waals surface area contributed by atoms with Gasteiger partial charge in [-0.3, -0.25) is 14.4 Å². The summed E-state index contributed by atoms with van der Waals surface area (Å²) >= 11 is 0. The zero-order chi connectivity index (χ0) is 28.8. The molecule has 0 aliphatic carbocycles. The molecule has 0 amide bonds. The number of esters is 2. The maximum absolute atomic E-state index is 12.5. The lowest BCUT2D eigenvalue weighted by molar-refractivity contribution is -0.139. The van der Waals surface area contributed by atoms with E-state index in [-0.39, 0.29) is 55.2 Å². The largest absolute Gasteiger partial charge is 0.508 e. The van der Waals surface area contributed by atoms with Crippen LogP contribution in [0.2, 0.25) is 0 Å². The first kappa shape index (κ1) is 32.9. The lowest BCUT2D eigenvalue weighted by atomic mass is 10.0. The van der Waals surface area contributed by atoms with Crippen molar-refractivity contribution < 1.29 is 43.2 Å². The van der Waals surface area contributed by atoms with Gasteiger partial charge >= 0.3 is 24.1 Å². The lowest BCUT2D eigenvalue weighted by Gasteiger charge is -2.19. The van der Waals surface area contributed by atoms with E-state index in [1.165, 1.54) is 12.1 Å². The number of nitrogens with one attached hydrogen (secondary N) is 1. The van der Waals surface area contributed by atoms with Gasteiger partial charge in [-0.2, -0.15) is 0 Å². The van der Waals surface area contributed by atoms with Crippen LogP contribution in [0.1, 0.15) is 79.7 Å². The monoisotopic (exact) mass is 537 g/mol. The van der Waals surface area contributed by atoms with Crippen LogP contribution in [0.25, 0.3) is 0 Å². The maximum Gasteiger partial charge on any atom is 0.508 e. The van der Waals surface area contributed by atoms with Crippen molar-refractivity contribution in [1.29, 1.82) is 0 Å². The van der Waals surface area contributed by atoms with Gasteiger partial charge in [0.25, 0.3) is 0 Å². The number of carboxylic acid groups (broad SMARTS) is 1. The standard InChI is InChI=1S/C28H43NO9/c1-8-18(5)12-25(30)37-23-11-10-21(15-24(23)38-26(31)13-19(6)9-2)14-22(27(32)33)29-16-20(7)36-28(34)35-17(3)4/h10-11,15,17-20,22,29H,8-9,12-14,16H2,1-7H3,(H,32,33)/t18?,19?,20?,22-/m0/s1. The molecule has 0 heterocycles. The topological polar surface area (TPSA) is 137 Å². The Labute approximate surface area is 225 Å². The second-order valence-electron chi connectivity index (χ2n) is 10.0. The van der Waals surface area contributed by atoms with Crippen LogP contribution >= 0.6 is 0 Å². The van der Waals surface area contributed by atoms with E-state index in [2.05, 4.69) is 5.32 Å². The fourth-order valence-corrected chi connectivity index (χ4v) is 3.25. The Kier molecular flexibility index (Phi) is 14.4. The summed E-state index contributed by atoms with van der Waals surface area (Å²) in [6.07, 6.45) is 0.268. The molecule has 1 aromatic rings. The van der Waals surface area contributed by atoms with Crippen molar-refractivity contribution in [3.05, 3.63) is 23.8 Å². The lowest BCUT2D eigenvalue weighted by Crippen LogP contribution is -2.42. The molecule has 1 aromatic carbocycles. The predicted molar refractivity (Wildman–Crippen MR) is 141 cm³/mol. The van der Waals surface area contributed by atoms with E-state index in [4.69, 9.17) is 18.9 Å². The number of rotatable bonds is 16. The molecular weight excluding hydrogens is 494 g/mol. The third-order valence-electron chi connectivity index (χ3n) is 5.90. The van der Waals surface area contributed by atoms with Crippen molar-refractivity contribution in [2.24, 2.45) is 11.8 Å². The fourth-order valence-electron chi connectivity index (χ4n) is 3.25. The summed E-state index contributed by atoms with van der Waals surface area (Å²) in [5.41, 5.74) is 0.547. The molecule has 0 aliphatic heterocycles. The first-order valence-corrected chi connectivity index (χ1v) is 13.2. The summed E-state index contributed by atoms with van der Waals surface area (Å²) in [5, 5.41) is 12.6. The molecule has 214 valence electrons. The van der Waals surface area contributed by atoms with Crippen LogP contribution in [0.4, 0.5) is 4.79 Å². The molecule has 0 saturated carbocycles. The highest BCUT2D eigenvalue weighted by Gasteiger charge is 2.23. The van der Waals surface area contributed by atoms with E-state index >= 15 is 0 Å². The molecule has 4 atom stereocenters. The second-order valence-corrected chi connectivity index (χ2v) is 10.0. The van der Waals surface area contributed by atoms with Crippen molar-refractivity contribution in [1.82, 2.24) is 5.32 Å². The fraction of sp³-hybridized carbons (Fsp3) is 0.643. The summed E-state index contributed by atoms with van der Waals surface area (Å²) in [6, 6.07) is 3.61. The zero-order valence-corrected chi connectivity index (χ0v) is 23.6. The van der Waals surface area contributed by atoms with Crippen molar-refractivity contribution in [3.8, 4) is 11.5 Å². The quantitative estimate of drug-likeness (QED) is 0.221. The molecule has 0 bridgehead atoms. The normalized spacial score (nSPS) is 14.2. The number of carboxylic acids is 1. The average molecular weight is 538 g/mol. The highest BCUT2D eigenvalue weighted by Crippen LogP contribution is 2.30. The molecule has 3 unspecified atom stereocenters. The molecule has 10 nitrogen and oxygen atoms in total. The Morgan fingerprint density at radius 2 is 1.39 bits per heavy atom. The van der Waals surface area contributed by atoms with Gasteiger partial charge < -0.3 is 29.4 Å². The highest BCUT2D eigenvalue weighted by atomic mass is 16.7. The van der Waals surface area contributed by atoms with Crippen molar-refractivity contribution in [2.45, 2.75) is 98.8 Å². The van der Waals surface area contributed by atoms with E-state index < -0.39 is 36.2 Å². The van der Waals surface area contributed by atoms with E-state index in [0.717, 1.165) is 12.8 Å². The van der Waals surface area contributed by atoms with E-state index in [9.17, 15) is 24.3 Å². The minimum Gasteiger partial charge on any atom is -0.480 e. The van der Waals surface area contributed by atoms with Crippen LogP contribution in [0.15, 0.2) is 18.2 Å². The summed E-state index contributed by atoms with van der Waals surface area (Å²) in [4.78, 5) is 48.4. The molecule has 1 rings (SSSR count). The molecule has 38 heavy (non-hydrogen) atoms.